The minimum Gasteiger partial charge on any atom is -0.483 e. The highest BCUT2D eigenvalue weighted by Gasteiger charge is 2.13. The first kappa shape index (κ1) is 11.9. The highest BCUT2D eigenvalue weighted by atomic mass is 35.5. The average Bonchev–Trinajstić information content (AvgIpc) is 2.35. The van der Waals surface area contributed by atoms with Crippen molar-refractivity contribution in [3.05, 3.63) is 64.7 Å². The Morgan fingerprint density at radius 2 is 1.71 bits per heavy atom. The van der Waals surface area contributed by atoms with Crippen molar-refractivity contribution in [2.75, 3.05) is 0 Å². The predicted molar refractivity (Wildman–Crippen MR) is 62.1 cm³/mol. The van der Waals surface area contributed by atoms with Gasteiger partial charge in [0.1, 0.15) is 6.61 Å². The molecule has 0 aliphatic rings. The Morgan fingerprint density at radius 3 is 2.41 bits per heavy atom. The van der Waals surface area contributed by atoms with E-state index in [1.54, 1.807) is 12.1 Å². The molecule has 1 nitrogen and oxygen atoms in total. The highest BCUT2D eigenvalue weighted by Crippen LogP contribution is 2.28. The number of halogens is 3. The van der Waals surface area contributed by atoms with Crippen LogP contribution in [0.5, 0.6) is 5.75 Å². The van der Waals surface area contributed by atoms with Gasteiger partial charge < -0.3 is 4.74 Å². The first-order chi connectivity index (χ1) is 8.18. The summed E-state index contributed by atoms with van der Waals surface area (Å²) in [4.78, 5) is 0. The zero-order valence-corrected chi connectivity index (χ0v) is 9.55. The van der Waals surface area contributed by atoms with Crippen molar-refractivity contribution in [2.45, 2.75) is 6.61 Å². The molecule has 2 aromatic rings. The van der Waals surface area contributed by atoms with E-state index in [0.29, 0.717) is 0 Å². The largest absolute Gasteiger partial charge is 0.483 e. The van der Waals surface area contributed by atoms with Crippen LogP contribution >= 0.6 is 11.6 Å². The first-order valence-corrected chi connectivity index (χ1v) is 5.36. The highest BCUT2D eigenvalue weighted by molar-refractivity contribution is 6.30. The summed E-state index contributed by atoms with van der Waals surface area (Å²) in [5, 5.41) is -0.158. The molecule has 0 radical (unpaired) electrons. The molecule has 0 aliphatic heterocycles. The lowest BCUT2D eigenvalue weighted by atomic mass is 10.2. The summed E-state index contributed by atoms with van der Waals surface area (Å²) in [5.74, 6) is -2.08. The van der Waals surface area contributed by atoms with Crippen LogP contribution in [0, 0.1) is 11.6 Å². The molecular formula is C13H9ClF2O. The fourth-order valence-electron chi connectivity index (χ4n) is 1.37. The van der Waals surface area contributed by atoms with E-state index >= 15 is 0 Å². The quantitative estimate of drug-likeness (QED) is 0.746. The topological polar surface area (TPSA) is 9.23 Å². The van der Waals surface area contributed by atoms with Gasteiger partial charge in [0.2, 0.25) is 0 Å². The second kappa shape index (κ2) is 5.15. The molecular weight excluding hydrogens is 246 g/mol. The molecule has 0 amide bonds. The standard InChI is InChI=1S/C13H9ClF2O/c14-10-6-7-11(15)13(12(10)16)17-8-9-4-2-1-3-5-9/h1-7H,8H2. The van der Waals surface area contributed by atoms with E-state index in [9.17, 15) is 8.78 Å². The maximum absolute atomic E-state index is 13.5. The summed E-state index contributed by atoms with van der Waals surface area (Å²) >= 11 is 5.55. The van der Waals surface area contributed by atoms with Gasteiger partial charge in [0.25, 0.3) is 0 Å². The van der Waals surface area contributed by atoms with E-state index in [1.165, 1.54) is 0 Å². The van der Waals surface area contributed by atoms with Crippen LogP contribution in [0.1, 0.15) is 5.56 Å². The fourth-order valence-corrected chi connectivity index (χ4v) is 1.52. The van der Waals surface area contributed by atoms with E-state index in [2.05, 4.69) is 0 Å². The van der Waals surface area contributed by atoms with Crippen molar-refractivity contribution < 1.29 is 13.5 Å². The van der Waals surface area contributed by atoms with Gasteiger partial charge in [-0.15, -0.1) is 0 Å². The molecule has 0 fully saturated rings. The van der Waals surface area contributed by atoms with Gasteiger partial charge in [-0.3, -0.25) is 0 Å². The van der Waals surface area contributed by atoms with Crippen LogP contribution < -0.4 is 4.74 Å². The van der Waals surface area contributed by atoms with E-state index in [1.807, 2.05) is 18.2 Å². The zero-order chi connectivity index (χ0) is 12.3. The fraction of sp³-hybridized carbons (Fsp3) is 0.0769. The van der Waals surface area contributed by atoms with Crippen LogP contribution in [-0.2, 0) is 6.61 Å². The second-order valence-electron chi connectivity index (χ2n) is 3.45. The van der Waals surface area contributed by atoms with Crippen LogP contribution in [0.2, 0.25) is 5.02 Å². The molecule has 0 spiro atoms. The SMILES string of the molecule is Fc1ccc(Cl)c(F)c1OCc1ccccc1. The molecule has 0 heterocycles. The lowest BCUT2D eigenvalue weighted by Crippen LogP contribution is -2.00. The van der Waals surface area contributed by atoms with Crippen molar-refractivity contribution in [3.8, 4) is 5.75 Å². The molecule has 2 aromatic carbocycles. The smallest absolute Gasteiger partial charge is 0.192 e. The van der Waals surface area contributed by atoms with Gasteiger partial charge in [0, 0.05) is 0 Å². The molecule has 0 N–H and O–H groups in total. The molecule has 0 saturated heterocycles. The normalized spacial score (nSPS) is 10.3. The van der Waals surface area contributed by atoms with E-state index in [4.69, 9.17) is 16.3 Å². The Morgan fingerprint density at radius 1 is 1.00 bits per heavy atom. The Hall–Kier alpha value is -1.61. The summed E-state index contributed by atoms with van der Waals surface area (Å²) in [7, 11) is 0. The summed E-state index contributed by atoms with van der Waals surface area (Å²) in [5.41, 5.74) is 0.825. The number of hydrogen-bond donors (Lipinski definition) is 0. The van der Waals surface area contributed by atoms with E-state index < -0.39 is 17.4 Å². The Balaban J connectivity index is 2.17. The van der Waals surface area contributed by atoms with Crippen molar-refractivity contribution in [2.24, 2.45) is 0 Å². The summed E-state index contributed by atoms with van der Waals surface area (Å²) < 4.78 is 31.9. The maximum atomic E-state index is 13.5. The summed E-state index contributed by atoms with van der Waals surface area (Å²) in [6.45, 7) is 0.0923. The summed E-state index contributed by atoms with van der Waals surface area (Å²) in [6, 6.07) is 11.3. The molecule has 0 saturated carbocycles. The van der Waals surface area contributed by atoms with Crippen LogP contribution in [0.25, 0.3) is 0 Å². The van der Waals surface area contributed by atoms with Crippen LogP contribution in [0.3, 0.4) is 0 Å². The van der Waals surface area contributed by atoms with Gasteiger partial charge in [-0.1, -0.05) is 41.9 Å². The number of benzene rings is 2. The Bertz CT molecular complexity index is 514. The Labute approximate surface area is 103 Å². The lowest BCUT2D eigenvalue weighted by Gasteiger charge is -2.09. The van der Waals surface area contributed by atoms with Gasteiger partial charge in [0.05, 0.1) is 5.02 Å². The summed E-state index contributed by atoms with van der Waals surface area (Å²) in [6.07, 6.45) is 0. The molecule has 0 atom stereocenters. The number of ether oxygens (including phenoxy) is 1. The van der Waals surface area contributed by atoms with Gasteiger partial charge in [-0.05, 0) is 17.7 Å². The van der Waals surface area contributed by atoms with Crippen molar-refractivity contribution in [1.29, 1.82) is 0 Å². The number of hydrogen-bond acceptors (Lipinski definition) is 1. The second-order valence-corrected chi connectivity index (χ2v) is 3.85. The van der Waals surface area contributed by atoms with Crippen molar-refractivity contribution in [1.82, 2.24) is 0 Å². The van der Waals surface area contributed by atoms with Gasteiger partial charge in [-0.25, -0.2) is 8.78 Å². The average molecular weight is 255 g/mol. The maximum Gasteiger partial charge on any atom is 0.192 e. The first-order valence-electron chi connectivity index (χ1n) is 4.98. The molecule has 0 aromatic heterocycles. The third-order valence-electron chi connectivity index (χ3n) is 2.23. The zero-order valence-electron chi connectivity index (χ0n) is 8.79. The third kappa shape index (κ3) is 2.74. The Kier molecular flexibility index (Phi) is 3.59. The molecule has 0 unspecified atom stereocenters. The number of rotatable bonds is 3. The van der Waals surface area contributed by atoms with Gasteiger partial charge >= 0.3 is 0 Å². The molecule has 0 bridgehead atoms. The molecule has 0 aliphatic carbocycles. The van der Waals surface area contributed by atoms with Crippen molar-refractivity contribution >= 4 is 11.6 Å². The third-order valence-corrected chi connectivity index (χ3v) is 2.52. The minimum atomic E-state index is -0.873. The van der Waals surface area contributed by atoms with E-state index in [0.717, 1.165) is 17.7 Å². The van der Waals surface area contributed by atoms with Gasteiger partial charge in [0.15, 0.2) is 17.4 Å². The van der Waals surface area contributed by atoms with Crippen LogP contribution in [0.4, 0.5) is 8.78 Å². The lowest BCUT2D eigenvalue weighted by molar-refractivity contribution is 0.274. The van der Waals surface area contributed by atoms with Crippen LogP contribution in [-0.4, -0.2) is 0 Å². The van der Waals surface area contributed by atoms with Crippen LogP contribution in [0.15, 0.2) is 42.5 Å². The molecule has 88 valence electrons. The molecule has 2 rings (SSSR count). The molecule has 17 heavy (non-hydrogen) atoms. The van der Waals surface area contributed by atoms with Crippen molar-refractivity contribution in [3.63, 3.8) is 0 Å². The monoisotopic (exact) mass is 254 g/mol. The predicted octanol–water partition coefficient (Wildman–Crippen LogP) is 4.20. The minimum absolute atomic E-state index is 0.0923. The van der Waals surface area contributed by atoms with Gasteiger partial charge in [-0.2, -0.15) is 0 Å². The van der Waals surface area contributed by atoms with E-state index in [-0.39, 0.29) is 11.6 Å². The molecule has 4 heteroatoms.